The molecule has 1 aliphatic rings. The molecule has 0 radical (unpaired) electrons. The number of nitrogens with zero attached hydrogens (tertiary/aromatic N) is 1. The van der Waals surface area contributed by atoms with Crippen molar-refractivity contribution in [3.05, 3.63) is 34.6 Å². The lowest BCUT2D eigenvalue weighted by Crippen LogP contribution is -2.36. The second-order valence-corrected chi connectivity index (χ2v) is 5.42. The van der Waals surface area contributed by atoms with Crippen LogP contribution in [0.4, 0.5) is 4.39 Å². The molecule has 1 unspecified atom stereocenters. The van der Waals surface area contributed by atoms with Gasteiger partial charge < -0.3 is 10.0 Å². The molecule has 2 rings (SSSR count). The molecule has 1 atom stereocenters. The molecule has 1 aliphatic heterocycles. The summed E-state index contributed by atoms with van der Waals surface area (Å²) in [4.78, 5) is 25.0. The Morgan fingerprint density at radius 2 is 2.20 bits per heavy atom. The third-order valence-electron chi connectivity index (χ3n) is 3.95. The molecule has 20 heavy (non-hydrogen) atoms. The first kappa shape index (κ1) is 14.8. The number of carbonyl (C=O) groups excluding carboxylic acids is 1. The van der Waals surface area contributed by atoms with Crippen molar-refractivity contribution in [1.82, 2.24) is 4.90 Å². The van der Waals surface area contributed by atoms with Gasteiger partial charge in [-0.1, -0.05) is 24.6 Å². The number of amides is 1. The van der Waals surface area contributed by atoms with Crippen molar-refractivity contribution in [3.8, 4) is 0 Å². The van der Waals surface area contributed by atoms with Crippen LogP contribution in [0.1, 0.15) is 30.1 Å². The van der Waals surface area contributed by atoms with E-state index in [-0.39, 0.29) is 17.1 Å². The highest BCUT2D eigenvalue weighted by molar-refractivity contribution is 6.31. The summed E-state index contributed by atoms with van der Waals surface area (Å²) in [5.41, 5.74) is -1.04. The minimum Gasteiger partial charge on any atom is -0.481 e. The van der Waals surface area contributed by atoms with E-state index in [9.17, 15) is 19.1 Å². The summed E-state index contributed by atoms with van der Waals surface area (Å²) in [6.45, 7) is 2.19. The van der Waals surface area contributed by atoms with E-state index in [0.29, 0.717) is 19.4 Å². The fourth-order valence-electron chi connectivity index (χ4n) is 2.50. The van der Waals surface area contributed by atoms with Crippen LogP contribution >= 0.6 is 11.6 Å². The fourth-order valence-corrected chi connectivity index (χ4v) is 2.67. The molecular weight excluding hydrogens is 285 g/mol. The second kappa shape index (κ2) is 5.40. The Balaban J connectivity index is 2.24. The lowest BCUT2D eigenvalue weighted by atomic mass is 9.84. The van der Waals surface area contributed by atoms with Crippen LogP contribution in [0.5, 0.6) is 0 Å². The van der Waals surface area contributed by atoms with Gasteiger partial charge in [-0.15, -0.1) is 0 Å². The van der Waals surface area contributed by atoms with Gasteiger partial charge in [-0.25, -0.2) is 4.39 Å². The van der Waals surface area contributed by atoms with Gasteiger partial charge in [0.2, 0.25) is 0 Å². The molecule has 1 heterocycles. The highest BCUT2D eigenvalue weighted by Gasteiger charge is 2.45. The smallest absolute Gasteiger partial charge is 0.311 e. The number of likely N-dealkylation sites (tertiary alicyclic amines) is 1. The zero-order chi connectivity index (χ0) is 14.9. The molecule has 1 N–H and O–H groups in total. The Labute approximate surface area is 121 Å². The largest absolute Gasteiger partial charge is 0.481 e. The minimum atomic E-state index is -0.926. The van der Waals surface area contributed by atoms with Crippen LogP contribution in [-0.2, 0) is 4.79 Å². The Hall–Kier alpha value is -1.62. The van der Waals surface area contributed by atoms with E-state index < -0.39 is 23.1 Å². The number of aliphatic carboxylic acids is 1. The molecule has 0 aliphatic carbocycles. The number of carboxylic acid groups (broad SMARTS) is 1. The first-order valence-electron chi connectivity index (χ1n) is 6.38. The average molecular weight is 300 g/mol. The maximum Gasteiger partial charge on any atom is 0.311 e. The number of carbonyl (C=O) groups is 2. The zero-order valence-electron chi connectivity index (χ0n) is 11.0. The first-order valence-corrected chi connectivity index (χ1v) is 6.76. The van der Waals surface area contributed by atoms with Crippen LogP contribution in [0, 0.1) is 11.2 Å². The molecule has 0 saturated carbocycles. The minimum absolute atomic E-state index is 0.101. The first-order chi connectivity index (χ1) is 9.41. The topological polar surface area (TPSA) is 57.6 Å². The zero-order valence-corrected chi connectivity index (χ0v) is 11.8. The van der Waals surface area contributed by atoms with Gasteiger partial charge in [-0.05, 0) is 25.0 Å². The number of hydrogen-bond donors (Lipinski definition) is 1. The number of hydrogen-bond acceptors (Lipinski definition) is 2. The van der Waals surface area contributed by atoms with Gasteiger partial charge in [-0.2, -0.15) is 0 Å². The Bertz CT molecular complexity index is 563. The van der Waals surface area contributed by atoms with E-state index in [1.54, 1.807) is 6.92 Å². The second-order valence-electron chi connectivity index (χ2n) is 5.02. The predicted molar refractivity (Wildman–Crippen MR) is 72.3 cm³/mol. The molecule has 1 aromatic carbocycles. The summed E-state index contributed by atoms with van der Waals surface area (Å²) in [6, 6.07) is 4.22. The van der Waals surface area contributed by atoms with Crippen molar-refractivity contribution in [1.29, 1.82) is 0 Å². The summed E-state index contributed by atoms with van der Waals surface area (Å²) < 4.78 is 13.8. The molecule has 1 fully saturated rings. The van der Waals surface area contributed by atoms with Crippen LogP contribution in [0.25, 0.3) is 0 Å². The highest BCUT2D eigenvalue weighted by atomic mass is 35.5. The Kier molecular flexibility index (Phi) is 3.99. The van der Waals surface area contributed by atoms with E-state index in [1.807, 2.05) is 0 Å². The van der Waals surface area contributed by atoms with Gasteiger partial charge in [0.25, 0.3) is 5.91 Å². The van der Waals surface area contributed by atoms with Gasteiger partial charge >= 0.3 is 5.97 Å². The molecular formula is C14H15ClFNO3. The maximum atomic E-state index is 13.8. The summed E-state index contributed by atoms with van der Waals surface area (Å²) >= 11 is 5.66. The Morgan fingerprint density at radius 1 is 1.50 bits per heavy atom. The monoisotopic (exact) mass is 299 g/mol. The molecule has 1 amide bonds. The number of carboxylic acids is 1. The lowest BCUT2D eigenvalue weighted by molar-refractivity contribution is -0.148. The van der Waals surface area contributed by atoms with Crippen LogP contribution in [0.3, 0.4) is 0 Å². The number of halogens is 2. The van der Waals surface area contributed by atoms with Crippen LogP contribution in [-0.4, -0.2) is 35.0 Å². The molecule has 0 aromatic heterocycles. The maximum absolute atomic E-state index is 13.8. The molecule has 6 heteroatoms. The molecule has 108 valence electrons. The number of rotatable bonds is 3. The van der Waals surface area contributed by atoms with E-state index >= 15 is 0 Å². The van der Waals surface area contributed by atoms with Crippen molar-refractivity contribution in [2.45, 2.75) is 19.8 Å². The van der Waals surface area contributed by atoms with Crippen molar-refractivity contribution in [3.63, 3.8) is 0 Å². The van der Waals surface area contributed by atoms with Gasteiger partial charge in [0.05, 0.1) is 16.0 Å². The van der Waals surface area contributed by atoms with Gasteiger partial charge in [0.1, 0.15) is 0 Å². The van der Waals surface area contributed by atoms with E-state index in [1.165, 1.54) is 23.1 Å². The summed E-state index contributed by atoms with van der Waals surface area (Å²) in [7, 11) is 0. The molecule has 0 spiro atoms. The predicted octanol–water partition coefficient (Wildman–Crippen LogP) is 2.81. The fraction of sp³-hybridized carbons (Fsp3) is 0.429. The molecule has 4 nitrogen and oxygen atoms in total. The summed E-state index contributed by atoms with van der Waals surface area (Å²) in [6.07, 6.45) is 0.816. The third kappa shape index (κ3) is 2.38. The normalized spacial score (nSPS) is 22.1. The van der Waals surface area contributed by atoms with Gasteiger partial charge in [-0.3, -0.25) is 9.59 Å². The van der Waals surface area contributed by atoms with Crippen LogP contribution in [0.2, 0.25) is 5.02 Å². The van der Waals surface area contributed by atoms with E-state index in [2.05, 4.69) is 0 Å². The average Bonchev–Trinajstić information content (AvgIpc) is 2.87. The van der Waals surface area contributed by atoms with Crippen LogP contribution < -0.4 is 0 Å². The lowest BCUT2D eigenvalue weighted by Gasteiger charge is -2.23. The molecule has 0 bridgehead atoms. The SMILES string of the molecule is CCC1(C(=O)O)CCN(C(=O)c2cccc(Cl)c2F)C1. The van der Waals surface area contributed by atoms with Crippen molar-refractivity contribution >= 4 is 23.5 Å². The van der Waals surface area contributed by atoms with Crippen LogP contribution in [0.15, 0.2) is 18.2 Å². The molecule has 1 saturated heterocycles. The third-order valence-corrected chi connectivity index (χ3v) is 4.25. The van der Waals surface area contributed by atoms with Crippen molar-refractivity contribution in [2.24, 2.45) is 5.41 Å². The molecule has 1 aromatic rings. The van der Waals surface area contributed by atoms with E-state index in [4.69, 9.17) is 11.6 Å². The van der Waals surface area contributed by atoms with Crippen molar-refractivity contribution in [2.75, 3.05) is 13.1 Å². The summed E-state index contributed by atoms with van der Waals surface area (Å²) in [5.74, 6) is -2.19. The summed E-state index contributed by atoms with van der Waals surface area (Å²) in [5, 5.41) is 9.18. The van der Waals surface area contributed by atoms with Gasteiger partial charge in [0.15, 0.2) is 5.82 Å². The van der Waals surface area contributed by atoms with Gasteiger partial charge in [0, 0.05) is 13.1 Å². The standard InChI is InChI=1S/C14H15ClFNO3/c1-2-14(13(19)20)6-7-17(8-14)12(18)9-4-3-5-10(15)11(9)16/h3-5H,2,6-8H2,1H3,(H,19,20). The highest BCUT2D eigenvalue weighted by Crippen LogP contribution is 2.35. The van der Waals surface area contributed by atoms with Crippen molar-refractivity contribution < 1.29 is 19.1 Å². The Morgan fingerprint density at radius 3 is 2.75 bits per heavy atom. The number of benzene rings is 1. The quantitative estimate of drug-likeness (QED) is 0.933. The van der Waals surface area contributed by atoms with E-state index in [0.717, 1.165) is 0 Å².